The van der Waals surface area contributed by atoms with Crippen LogP contribution in [0.4, 0.5) is 5.69 Å². The van der Waals surface area contributed by atoms with Crippen LogP contribution >= 0.6 is 27.7 Å². The summed E-state index contributed by atoms with van der Waals surface area (Å²) in [4.78, 5) is 40.5. The first kappa shape index (κ1) is 20.9. The number of nitrogens with one attached hydrogen (secondary N) is 2. The number of anilines is 1. The molecule has 1 saturated heterocycles. The molecule has 0 unspecified atom stereocenters. The summed E-state index contributed by atoms with van der Waals surface area (Å²) in [5.41, 5.74) is 1.78. The fraction of sp³-hybridized carbons (Fsp3) is 0.318. The first-order valence-corrected chi connectivity index (χ1v) is 11.6. The third-order valence-corrected chi connectivity index (χ3v) is 7.14. The van der Waals surface area contributed by atoms with E-state index < -0.39 is 5.25 Å². The summed E-state index contributed by atoms with van der Waals surface area (Å²) in [5.74, 6) is -0.562. The Bertz CT molecular complexity index is 976. The molecule has 2 heterocycles. The Kier molecular flexibility index (Phi) is 6.43. The van der Waals surface area contributed by atoms with Gasteiger partial charge in [-0.1, -0.05) is 40.2 Å². The molecule has 30 heavy (non-hydrogen) atoms. The average Bonchev–Trinajstić information content (AvgIpc) is 2.76. The van der Waals surface area contributed by atoms with Gasteiger partial charge in [-0.05, 0) is 42.7 Å². The average molecular weight is 488 g/mol. The van der Waals surface area contributed by atoms with E-state index in [1.54, 1.807) is 4.90 Å². The van der Waals surface area contributed by atoms with Crippen LogP contribution in [-0.2, 0) is 20.9 Å². The van der Waals surface area contributed by atoms with Crippen LogP contribution in [0.2, 0.25) is 0 Å². The van der Waals surface area contributed by atoms with Crippen molar-refractivity contribution < 1.29 is 14.4 Å². The predicted octanol–water partition coefficient (Wildman–Crippen LogP) is 3.42. The number of amides is 3. The zero-order chi connectivity index (χ0) is 21.1. The number of hydrogen-bond donors (Lipinski definition) is 2. The Morgan fingerprint density at radius 3 is 2.67 bits per heavy atom. The second-order valence-electron chi connectivity index (χ2n) is 7.43. The van der Waals surface area contributed by atoms with Gasteiger partial charge in [0, 0.05) is 34.9 Å². The highest BCUT2D eigenvalue weighted by Crippen LogP contribution is 2.36. The first-order valence-electron chi connectivity index (χ1n) is 9.89. The molecule has 0 saturated carbocycles. The molecule has 2 N–H and O–H groups in total. The number of likely N-dealkylation sites (tertiary alicyclic amines) is 1. The minimum Gasteiger partial charge on any atom is -0.352 e. The maximum Gasteiger partial charge on any atom is 0.247 e. The lowest BCUT2D eigenvalue weighted by molar-refractivity contribution is -0.137. The fourth-order valence-electron chi connectivity index (χ4n) is 3.72. The number of para-hydroxylation sites is 1. The van der Waals surface area contributed by atoms with E-state index >= 15 is 0 Å². The van der Waals surface area contributed by atoms with Crippen molar-refractivity contribution in [2.45, 2.75) is 29.5 Å². The summed E-state index contributed by atoms with van der Waals surface area (Å²) in [6.07, 6.45) is 1.21. The van der Waals surface area contributed by atoms with E-state index in [0.29, 0.717) is 32.5 Å². The van der Waals surface area contributed by atoms with E-state index in [1.165, 1.54) is 11.8 Å². The molecule has 1 atom stereocenters. The number of carbonyl (C=O) groups is 3. The maximum atomic E-state index is 12.9. The highest BCUT2D eigenvalue weighted by atomic mass is 79.9. The molecule has 2 aliphatic rings. The molecule has 4 rings (SSSR count). The standard InChI is InChI=1S/C22H22BrN3O3S/c23-16-5-3-4-14(12-16)13-24-20(27)15-8-10-26(11-9-15)22(29)19-21(28)25-17-6-1-2-7-18(17)30-19/h1-7,12,15,19H,8-11,13H2,(H,24,27)(H,25,28)/t19-/m0/s1. The molecular formula is C22H22BrN3O3S. The molecule has 1 fully saturated rings. The summed E-state index contributed by atoms with van der Waals surface area (Å²) < 4.78 is 0.980. The molecule has 2 aromatic carbocycles. The Morgan fingerprint density at radius 2 is 1.90 bits per heavy atom. The van der Waals surface area contributed by atoms with E-state index in [1.807, 2.05) is 48.5 Å². The maximum absolute atomic E-state index is 12.9. The molecule has 0 bridgehead atoms. The molecule has 0 aromatic heterocycles. The van der Waals surface area contributed by atoms with Gasteiger partial charge in [-0.3, -0.25) is 14.4 Å². The van der Waals surface area contributed by atoms with Crippen LogP contribution < -0.4 is 10.6 Å². The molecule has 0 aliphatic carbocycles. The van der Waals surface area contributed by atoms with Gasteiger partial charge in [0.2, 0.25) is 17.7 Å². The normalized spacial score (nSPS) is 19.0. The number of nitrogens with zero attached hydrogens (tertiary/aromatic N) is 1. The predicted molar refractivity (Wildman–Crippen MR) is 120 cm³/mol. The lowest BCUT2D eigenvalue weighted by Gasteiger charge is -2.34. The number of hydrogen-bond acceptors (Lipinski definition) is 4. The van der Waals surface area contributed by atoms with Crippen LogP contribution in [-0.4, -0.2) is 41.0 Å². The minimum atomic E-state index is -0.776. The van der Waals surface area contributed by atoms with Crippen molar-refractivity contribution in [1.82, 2.24) is 10.2 Å². The quantitative estimate of drug-likeness (QED) is 0.647. The van der Waals surface area contributed by atoms with Crippen molar-refractivity contribution in [3.8, 4) is 0 Å². The number of rotatable bonds is 4. The Balaban J connectivity index is 1.29. The Hall–Kier alpha value is -2.32. The number of carbonyl (C=O) groups excluding carboxylic acids is 3. The van der Waals surface area contributed by atoms with Crippen LogP contribution in [0, 0.1) is 5.92 Å². The lowest BCUT2D eigenvalue weighted by Crippen LogP contribution is -2.49. The molecular weight excluding hydrogens is 466 g/mol. The SMILES string of the molecule is O=C(NCc1cccc(Br)c1)C1CCN(C(=O)[C@H]2Sc3ccccc3NC2=O)CC1. The largest absolute Gasteiger partial charge is 0.352 e. The van der Waals surface area contributed by atoms with Gasteiger partial charge in [0.25, 0.3) is 0 Å². The van der Waals surface area contributed by atoms with Crippen LogP contribution in [0.5, 0.6) is 0 Å². The van der Waals surface area contributed by atoms with E-state index in [4.69, 9.17) is 0 Å². The molecule has 0 radical (unpaired) electrons. The third-order valence-electron chi connectivity index (χ3n) is 5.39. The number of thioether (sulfide) groups is 1. The Morgan fingerprint density at radius 1 is 1.13 bits per heavy atom. The number of fused-ring (bicyclic) bond motifs is 1. The van der Waals surface area contributed by atoms with Crippen molar-refractivity contribution in [2.24, 2.45) is 5.92 Å². The van der Waals surface area contributed by atoms with Gasteiger partial charge in [0.05, 0.1) is 5.69 Å². The molecule has 6 nitrogen and oxygen atoms in total. The van der Waals surface area contributed by atoms with Crippen molar-refractivity contribution in [3.05, 3.63) is 58.6 Å². The molecule has 2 aromatic rings. The zero-order valence-electron chi connectivity index (χ0n) is 16.3. The van der Waals surface area contributed by atoms with Gasteiger partial charge in [0.15, 0.2) is 5.25 Å². The van der Waals surface area contributed by atoms with Crippen LogP contribution in [0.1, 0.15) is 18.4 Å². The summed E-state index contributed by atoms with van der Waals surface area (Å²) in [5, 5.41) is 5.03. The van der Waals surface area contributed by atoms with Gasteiger partial charge in [-0.15, -0.1) is 11.8 Å². The highest BCUT2D eigenvalue weighted by molar-refractivity contribution is 9.10. The zero-order valence-corrected chi connectivity index (χ0v) is 18.7. The van der Waals surface area contributed by atoms with E-state index in [0.717, 1.165) is 20.6 Å². The van der Waals surface area contributed by atoms with E-state index in [9.17, 15) is 14.4 Å². The highest BCUT2D eigenvalue weighted by Gasteiger charge is 2.37. The second-order valence-corrected chi connectivity index (χ2v) is 9.49. The van der Waals surface area contributed by atoms with Crippen molar-refractivity contribution >= 4 is 51.1 Å². The van der Waals surface area contributed by atoms with Gasteiger partial charge in [-0.2, -0.15) is 0 Å². The third kappa shape index (κ3) is 4.70. The minimum absolute atomic E-state index is 0.0146. The van der Waals surface area contributed by atoms with E-state index in [-0.39, 0.29) is 23.6 Å². The molecule has 156 valence electrons. The summed E-state index contributed by atoms with van der Waals surface area (Å²) >= 11 is 4.73. The van der Waals surface area contributed by atoms with Crippen molar-refractivity contribution in [1.29, 1.82) is 0 Å². The topological polar surface area (TPSA) is 78.5 Å². The van der Waals surface area contributed by atoms with E-state index in [2.05, 4.69) is 26.6 Å². The summed E-state index contributed by atoms with van der Waals surface area (Å²) in [6.45, 7) is 1.45. The van der Waals surface area contributed by atoms with Crippen LogP contribution in [0.3, 0.4) is 0 Å². The monoisotopic (exact) mass is 487 g/mol. The van der Waals surface area contributed by atoms with Crippen molar-refractivity contribution in [2.75, 3.05) is 18.4 Å². The van der Waals surface area contributed by atoms with Gasteiger partial charge in [0.1, 0.15) is 0 Å². The van der Waals surface area contributed by atoms with Gasteiger partial charge in [-0.25, -0.2) is 0 Å². The molecule has 2 aliphatic heterocycles. The fourth-order valence-corrected chi connectivity index (χ4v) is 5.24. The molecule has 3 amide bonds. The van der Waals surface area contributed by atoms with Crippen LogP contribution in [0.25, 0.3) is 0 Å². The number of benzene rings is 2. The first-order chi connectivity index (χ1) is 14.5. The van der Waals surface area contributed by atoms with Gasteiger partial charge >= 0.3 is 0 Å². The smallest absolute Gasteiger partial charge is 0.247 e. The Labute approximate surface area is 187 Å². The molecule has 0 spiro atoms. The lowest BCUT2D eigenvalue weighted by atomic mass is 9.95. The van der Waals surface area contributed by atoms with Crippen molar-refractivity contribution in [3.63, 3.8) is 0 Å². The second kappa shape index (κ2) is 9.22. The summed E-state index contributed by atoms with van der Waals surface area (Å²) in [6, 6.07) is 15.3. The summed E-state index contributed by atoms with van der Waals surface area (Å²) in [7, 11) is 0. The number of halogens is 1. The van der Waals surface area contributed by atoms with Gasteiger partial charge < -0.3 is 15.5 Å². The molecule has 8 heteroatoms. The van der Waals surface area contributed by atoms with Crippen LogP contribution in [0.15, 0.2) is 57.9 Å². The number of piperidine rings is 1.